The van der Waals surface area contributed by atoms with Crippen molar-refractivity contribution in [2.75, 3.05) is 5.32 Å². The molecule has 132 valence electrons. The number of benzene rings is 2. The van der Waals surface area contributed by atoms with Crippen LogP contribution in [0.4, 0.5) is 5.69 Å². The smallest absolute Gasteiger partial charge is 0.248 e. The molecule has 3 rings (SSSR count). The monoisotopic (exact) mass is 561 g/mol. The first-order valence-electron chi connectivity index (χ1n) is 7.42. The third-order valence-electron chi connectivity index (χ3n) is 3.41. The number of furan rings is 1. The predicted octanol–water partition coefficient (Wildman–Crippen LogP) is 7.27. The number of carbonyl (C=O) groups is 1. The molecule has 26 heavy (non-hydrogen) atoms. The number of amides is 1. The molecule has 1 heterocycles. The molecule has 0 fully saturated rings. The Morgan fingerprint density at radius 3 is 2.65 bits per heavy atom. The first-order valence-corrected chi connectivity index (χ1v) is 10.0. The lowest BCUT2D eigenvalue weighted by molar-refractivity contribution is -0.111. The van der Waals surface area contributed by atoms with E-state index in [0.29, 0.717) is 21.6 Å². The van der Waals surface area contributed by atoms with Crippen LogP contribution in [0.15, 0.2) is 63.5 Å². The molecule has 1 aromatic heterocycles. The molecule has 7 heteroatoms. The molecule has 0 bridgehead atoms. The molecule has 3 nitrogen and oxygen atoms in total. The fourth-order valence-corrected chi connectivity index (χ4v) is 4.14. The number of nitrogens with one attached hydrogen (secondary N) is 1. The maximum Gasteiger partial charge on any atom is 0.248 e. The van der Waals surface area contributed by atoms with Gasteiger partial charge in [0.25, 0.3) is 0 Å². The lowest BCUT2D eigenvalue weighted by atomic mass is 10.2. The number of hydrogen-bond acceptors (Lipinski definition) is 2. The quantitative estimate of drug-likeness (QED) is 0.268. The van der Waals surface area contributed by atoms with Gasteiger partial charge >= 0.3 is 0 Å². The summed E-state index contributed by atoms with van der Waals surface area (Å²) in [5, 5.41) is 3.89. The van der Waals surface area contributed by atoms with Crippen molar-refractivity contribution >= 4 is 79.4 Å². The summed E-state index contributed by atoms with van der Waals surface area (Å²) in [7, 11) is 0. The highest BCUT2D eigenvalue weighted by Gasteiger charge is 2.09. The van der Waals surface area contributed by atoms with Crippen molar-refractivity contribution in [3.63, 3.8) is 0 Å². The van der Waals surface area contributed by atoms with E-state index in [9.17, 15) is 4.79 Å². The first kappa shape index (κ1) is 19.5. The molecule has 0 saturated carbocycles. The van der Waals surface area contributed by atoms with Crippen molar-refractivity contribution in [3.05, 3.63) is 78.5 Å². The van der Waals surface area contributed by atoms with Gasteiger partial charge < -0.3 is 9.73 Å². The van der Waals surface area contributed by atoms with Gasteiger partial charge in [-0.25, -0.2) is 0 Å². The minimum absolute atomic E-state index is 0.243. The summed E-state index contributed by atoms with van der Waals surface area (Å²) in [6, 6.07) is 14.4. The van der Waals surface area contributed by atoms with E-state index in [1.807, 2.05) is 18.2 Å². The van der Waals surface area contributed by atoms with Crippen LogP contribution in [-0.4, -0.2) is 5.91 Å². The Kier molecular flexibility index (Phi) is 6.45. The largest absolute Gasteiger partial charge is 0.457 e. The molecule has 2 aromatic carbocycles. The highest BCUT2D eigenvalue weighted by atomic mass is 127. The summed E-state index contributed by atoms with van der Waals surface area (Å²) in [6.45, 7) is 0. The van der Waals surface area contributed by atoms with E-state index in [2.05, 4.69) is 43.8 Å². The van der Waals surface area contributed by atoms with Gasteiger partial charge in [0.15, 0.2) is 0 Å². The molecule has 1 N–H and O–H groups in total. The molecule has 3 aromatic rings. The van der Waals surface area contributed by atoms with Crippen LogP contribution in [0.25, 0.3) is 17.4 Å². The molecule has 0 unspecified atom stereocenters. The minimum Gasteiger partial charge on any atom is -0.457 e. The average Bonchev–Trinajstić information content (AvgIpc) is 3.04. The van der Waals surface area contributed by atoms with Crippen molar-refractivity contribution in [2.45, 2.75) is 0 Å². The molecule has 1 amide bonds. The van der Waals surface area contributed by atoms with E-state index in [1.165, 1.54) is 6.08 Å². The summed E-state index contributed by atoms with van der Waals surface area (Å²) < 4.78 is 7.63. The van der Waals surface area contributed by atoms with Gasteiger partial charge in [0.2, 0.25) is 5.91 Å². The van der Waals surface area contributed by atoms with Gasteiger partial charge in [-0.05, 0) is 77.2 Å². The standard InChI is InChI=1S/C19H11BrCl2INO2/c20-11-1-6-17(16(23)9-11)24-19(25)8-4-13-3-7-18(26-13)14-5-2-12(21)10-15(14)22/h1-10H,(H,24,25). The molecule has 0 atom stereocenters. The van der Waals surface area contributed by atoms with E-state index >= 15 is 0 Å². The normalized spacial score (nSPS) is 11.1. The minimum atomic E-state index is -0.243. The number of halogens is 4. The third kappa shape index (κ3) is 4.91. The van der Waals surface area contributed by atoms with E-state index in [-0.39, 0.29) is 5.91 Å². The molecular formula is C19H11BrCl2INO2. The Balaban J connectivity index is 1.71. The molecule has 0 aliphatic heterocycles. The highest BCUT2D eigenvalue weighted by molar-refractivity contribution is 14.1. The lowest BCUT2D eigenvalue weighted by Gasteiger charge is -2.05. The fourth-order valence-electron chi connectivity index (χ4n) is 2.20. The van der Waals surface area contributed by atoms with Crippen LogP contribution >= 0.6 is 61.7 Å². The van der Waals surface area contributed by atoms with E-state index in [0.717, 1.165) is 19.3 Å². The zero-order valence-corrected chi connectivity index (χ0v) is 18.4. The Morgan fingerprint density at radius 2 is 1.92 bits per heavy atom. The van der Waals surface area contributed by atoms with E-state index in [1.54, 1.807) is 36.4 Å². The van der Waals surface area contributed by atoms with E-state index < -0.39 is 0 Å². The second-order valence-electron chi connectivity index (χ2n) is 5.27. The first-order chi connectivity index (χ1) is 12.4. The van der Waals surface area contributed by atoms with Crippen LogP contribution in [0.2, 0.25) is 10.0 Å². The molecule has 0 spiro atoms. The maximum atomic E-state index is 12.1. The highest BCUT2D eigenvalue weighted by Crippen LogP contribution is 2.31. The van der Waals surface area contributed by atoms with Gasteiger partial charge in [-0.2, -0.15) is 0 Å². The third-order valence-corrected chi connectivity index (χ3v) is 5.34. The van der Waals surface area contributed by atoms with Crippen LogP contribution in [0.3, 0.4) is 0 Å². The van der Waals surface area contributed by atoms with Crippen molar-refractivity contribution < 1.29 is 9.21 Å². The van der Waals surface area contributed by atoms with Crippen LogP contribution in [0, 0.1) is 3.57 Å². The summed E-state index contributed by atoms with van der Waals surface area (Å²) in [6.07, 6.45) is 3.03. The van der Waals surface area contributed by atoms with Gasteiger partial charge in [-0.15, -0.1) is 0 Å². The fraction of sp³-hybridized carbons (Fsp3) is 0. The predicted molar refractivity (Wildman–Crippen MR) is 119 cm³/mol. The van der Waals surface area contributed by atoms with Gasteiger partial charge in [-0.3, -0.25) is 4.79 Å². The van der Waals surface area contributed by atoms with Crippen molar-refractivity contribution in [1.82, 2.24) is 0 Å². The van der Waals surface area contributed by atoms with Gasteiger partial charge in [-0.1, -0.05) is 39.1 Å². The molecule has 0 radical (unpaired) electrons. The van der Waals surface area contributed by atoms with Crippen molar-refractivity contribution in [1.29, 1.82) is 0 Å². The van der Waals surface area contributed by atoms with Crippen LogP contribution in [0.1, 0.15) is 5.76 Å². The summed E-state index contributed by atoms with van der Waals surface area (Å²) in [5.74, 6) is 0.911. The number of rotatable bonds is 4. The van der Waals surface area contributed by atoms with Gasteiger partial charge in [0, 0.05) is 24.7 Å². The summed E-state index contributed by atoms with van der Waals surface area (Å²) in [4.78, 5) is 12.1. The Labute approximate surface area is 182 Å². The number of hydrogen-bond donors (Lipinski definition) is 1. The second-order valence-corrected chi connectivity index (χ2v) is 8.19. The number of anilines is 1. The van der Waals surface area contributed by atoms with Gasteiger partial charge in [0.1, 0.15) is 11.5 Å². The molecule has 0 aliphatic carbocycles. The molecule has 0 aliphatic rings. The second kappa shape index (κ2) is 8.61. The molecular weight excluding hydrogens is 552 g/mol. The zero-order chi connectivity index (χ0) is 18.7. The Bertz CT molecular complexity index is 1000. The van der Waals surface area contributed by atoms with Crippen LogP contribution in [0.5, 0.6) is 0 Å². The van der Waals surface area contributed by atoms with Gasteiger partial charge in [0.05, 0.1) is 10.7 Å². The Morgan fingerprint density at radius 1 is 1.12 bits per heavy atom. The van der Waals surface area contributed by atoms with Crippen molar-refractivity contribution in [2.24, 2.45) is 0 Å². The maximum absolute atomic E-state index is 12.1. The average molecular weight is 563 g/mol. The van der Waals surface area contributed by atoms with Crippen LogP contribution in [-0.2, 0) is 4.79 Å². The lowest BCUT2D eigenvalue weighted by Crippen LogP contribution is -2.08. The molecule has 0 saturated heterocycles. The Hall–Kier alpha value is -1.28. The van der Waals surface area contributed by atoms with Crippen LogP contribution < -0.4 is 5.32 Å². The number of carbonyl (C=O) groups excluding carboxylic acids is 1. The summed E-state index contributed by atoms with van der Waals surface area (Å²) in [5.41, 5.74) is 1.49. The van der Waals surface area contributed by atoms with Crippen molar-refractivity contribution in [3.8, 4) is 11.3 Å². The topological polar surface area (TPSA) is 42.2 Å². The summed E-state index contributed by atoms with van der Waals surface area (Å²) >= 11 is 17.7. The van der Waals surface area contributed by atoms with E-state index in [4.69, 9.17) is 27.6 Å². The SMILES string of the molecule is O=C(C=Cc1ccc(-c2ccc(Cl)cc2Cl)o1)Nc1ccc(Br)cc1I. The zero-order valence-electron chi connectivity index (χ0n) is 13.1.